The Bertz CT molecular complexity index is 515. The second kappa shape index (κ2) is 12.0. The predicted molar refractivity (Wildman–Crippen MR) is 128 cm³/mol. The highest BCUT2D eigenvalue weighted by Gasteiger charge is 2.43. The van der Waals surface area contributed by atoms with E-state index in [1.54, 1.807) is 0 Å². The van der Waals surface area contributed by atoms with E-state index in [0.29, 0.717) is 5.92 Å². The van der Waals surface area contributed by atoms with E-state index in [4.69, 9.17) is 0 Å². The van der Waals surface area contributed by atoms with Gasteiger partial charge in [-0.1, -0.05) is 45.4 Å². The summed E-state index contributed by atoms with van der Waals surface area (Å²) in [6.45, 7) is 2.30. The third-order valence-electron chi connectivity index (χ3n) is 10.5. The van der Waals surface area contributed by atoms with E-state index in [1.165, 1.54) is 89.9 Å². The number of unbranched alkanes of at least 4 members (excludes halogenated alkanes) is 2. The molecule has 0 aliphatic heterocycles. The van der Waals surface area contributed by atoms with Crippen LogP contribution in [0.1, 0.15) is 122 Å². The maximum absolute atomic E-state index is 13.9. The number of rotatable bonds is 7. The normalized spacial score (nSPS) is 46.1. The molecule has 0 bridgehead atoms. The third-order valence-corrected chi connectivity index (χ3v) is 10.5. The highest BCUT2D eigenvalue weighted by atomic mass is 19.2. The molecule has 0 spiro atoms. The van der Waals surface area contributed by atoms with Gasteiger partial charge in [0, 0.05) is 0 Å². The molecule has 0 aromatic rings. The molecule has 0 saturated heterocycles. The maximum atomic E-state index is 13.9. The van der Waals surface area contributed by atoms with Crippen LogP contribution < -0.4 is 0 Å². The van der Waals surface area contributed by atoms with E-state index in [9.17, 15) is 13.2 Å². The zero-order chi connectivity index (χ0) is 22.5. The molecule has 0 aromatic carbocycles. The Morgan fingerprint density at radius 2 is 0.875 bits per heavy atom. The predicted octanol–water partition coefficient (Wildman–Crippen LogP) is 9.41. The van der Waals surface area contributed by atoms with E-state index in [1.807, 2.05) is 0 Å². The minimum Gasteiger partial charge on any atom is -0.244 e. The van der Waals surface area contributed by atoms with Crippen molar-refractivity contribution in [3.8, 4) is 0 Å². The van der Waals surface area contributed by atoms with Gasteiger partial charge in [-0.3, -0.25) is 0 Å². The fourth-order valence-electron chi connectivity index (χ4n) is 8.35. The van der Waals surface area contributed by atoms with Gasteiger partial charge in [0.2, 0.25) is 0 Å². The summed E-state index contributed by atoms with van der Waals surface area (Å²) in [6, 6.07) is 0. The lowest BCUT2D eigenvalue weighted by atomic mass is 9.63. The Hall–Kier alpha value is -0.210. The summed E-state index contributed by atoms with van der Waals surface area (Å²) < 4.78 is 41.2. The number of hydrogen-bond acceptors (Lipinski definition) is 0. The highest BCUT2D eigenvalue weighted by Crippen LogP contribution is 2.48. The van der Waals surface area contributed by atoms with Crippen molar-refractivity contribution in [2.75, 3.05) is 0 Å². The van der Waals surface area contributed by atoms with Crippen LogP contribution in [0.3, 0.4) is 0 Å². The first-order valence-electron chi connectivity index (χ1n) is 14.5. The van der Waals surface area contributed by atoms with Crippen LogP contribution in [0.5, 0.6) is 0 Å². The fraction of sp³-hybridized carbons (Fsp3) is 1.00. The van der Waals surface area contributed by atoms with Crippen molar-refractivity contribution in [1.82, 2.24) is 0 Å². The van der Waals surface area contributed by atoms with E-state index >= 15 is 0 Å². The molecule has 4 saturated carbocycles. The van der Waals surface area contributed by atoms with Gasteiger partial charge in [-0.05, 0) is 118 Å². The summed E-state index contributed by atoms with van der Waals surface area (Å²) in [5, 5.41) is 0. The van der Waals surface area contributed by atoms with Crippen LogP contribution in [0.2, 0.25) is 0 Å². The summed E-state index contributed by atoms with van der Waals surface area (Å²) in [5.41, 5.74) is 0. The van der Waals surface area contributed by atoms with E-state index in [0.717, 1.165) is 42.4 Å². The number of hydrogen-bond donors (Lipinski definition) is 0. The highest BCUT2D eigenvalue weighted by molar-refractivity contribution is 4.92. The summed E-state index contributed by atoms with van der Waals surface area (Å²) >= 11 is 0. The van der Waals surface area contributed by atoms with Crippen LogP contribution in [-0.4, -0.2) is 18.5 Å². The van der Waals surface area contributed by atoms with Crippen molar-refractivity contribution in [3.63, 3.8) is 0 Å². The standard InChI is InChI=1S/C29H49F3/c1-2-3-4-5-20-6-8-21(9-7-20)22-10-12-23(13-11-22)24-14-16-25(17-15-24)26-18-27(30)29(32)28(31)19-26/h20-29H,2-19H2,1H3. The Labute approximate surface area is 195 Å². The van der Waals surface area contributed by atoms with Gasteiger partial charge >= 0.3 is 0 Å². The molecule has 0 nitrogen and oxygen atoms in total. The summed E-state index contributed by atoms with van der Waals surface area (Å²) in [4.78, 5) is 0. The molecule has 32 heavy (non-hydrogen) atoms. The smallest absolute Gasteiger partial charge is 0.162 e. The lowest BCUT2D eigenvalue weighted by Gasteiger charge is -2.43. The Morgan fingerprint density at radius 3 is 1.28 bits per heavy atom. The van der Waals surface area contributed by atoms with E-state index in [-0.39, 0.29) is 18.8 Å². The molecular formula is C29H49F3. The second-order valence-corrected chi connectivity index (χ2v) is 12.3. The van der Waals surface area contributed by atoms with Gasteiger partial charge < -0.3 is 0 Å². The zero-order valence-corrected chi connectivity index (χ0v) is 20.6. The Kier molecular flexibility index (Phi) is 9.31. The molecule has 4 aliphatic carbocycles. The van der Waals surface area contributed by atoms with Crippen molar-refractivity contribution < 1.29 is 13.2 Å². The van der Waals surface area contributed by atoms with Crippen LogP contribution in [0.15, 0.2) is 0 Å². The van der Waals surface area contributed by atoms with E-state index < -0.39 is 18.5 Å². The van der Waals surface area contributed by atoms with Crippen LogP contribution in [0.25, 0.3) is 0 Å². The molecule has 0 heterocycles. The molecule has 0 N–H and O–H groups in total. The molecule has 4 rings (SSSR count). The van der Waals surface area contributed by atoms with Crippen molar-refractivity contribution in [2.45, 2.75) is 141 Å². The SMILES string of the molecule is CCCCCC1CCC(C2CCC(C3CCC(C4CC(F)C(F)C(F)C4)CC3)CC2)CC1. The molecule has 0 aromatic heterocycles. The fourth-order valence-corrected chi connectivity index (χ4v) is 8.35. The van der Waals surface area contributed by atoms with Crippen molar-refractivity contribution >= 4 is 0 Å². The van der Waals surface area contributed by atoms with Crippen molar-refractivity contribution in [3.05, 3.63) is 0 Å². The summed E-state index contributed by atoms with van der Waals surface area (Å²) in [6.07, 6.45) is 17.6. The first-order valence-corrected chi connectivity index (χ1v) is 14.5. The van der Waals surface area contributed by atoms with Crippen LogP contribution in [0, 0.1) is 41.4 Å². The van der Waals surface area contributed by atoms with Crippen LogP contribution in [-0.2, 0) is 0 Å². The van der Waals surface area contributed by atoms with Gasteiger partial charge in [0.15, 0.2) is 6.17 Å². The summed E-state index contributed by atoms with van der Waals surface area (Å²) in [5.74, 6) is 5.23. The quantitative estimate of drug-likeness (QED) is 0.336. The summed E-state index contributed by atoms with van der Waals surface area (Å²) in [7, 11) is 0. The monoisotopic (exact) mass is 454 g/mol. The van der Waals surface area contributed by atoms with Gasteiger partial charge in [0.05, 0.1) is 0 Å². The van der Waals surface area contributed by atoms with Gasteiger partial charge in [0.1, 0.15) is 12.3 Å². The minimum atomic E-state index is -1.88. The van der Waals surface area contributed by atoms with Crippen molar-refractivity contribution in [1.29, 1.82) is 0 Å². The molecule has 2 atom stereocenters. The van der Waals surface area contributed by atoms with Gasteiger partial charge in [-0.2, -0.15) is 0 Å². The lowest BCUT2D eigenvalue weighted by molar-refractivity contribution is -0.00744. The molecule has 186 valence electrons. The molecule has 4 fully saturated rings. The van der Waals surface area contributed by atoms with Gasteiger partial charge in [0.25, 0.3) is 0 Å². The van der Waals surface area contributed by atoms with Gasteiger partial charge in [-0.15, -0.1) is 0 Å². The first-order chi connectivity index (χ1) is 15.5. The molecule has 3 heteroatoms. The maximum Gasteiger partial charge on any atom is 0.162 e. The van der Waals surface area contributed by atoms with Crippen LogP contribution in [0.4, 0.5) is 13.2 Å². The molecule has 0 radical (unpaired) electrons. The molecular weight excluding hydrogens is 405 g/mol. The third kappa shape index (κ3) is 6.26. The molecule has 4 aliphatic rings. The number of alkyl halides is 3. The lowest BCUT2D eigenvalue weighted by Crippen LogP contribution is -2.40. The number of halogens is 3. The van der Waals surface area contributed by atoms with Crippen LogP contribution >= 0.6 is 0 Å². The Balaban J connectivity index is 1.14. The largest absolute Gasteiger partial charge is 0.244 e. The van der Waals surface area contributed by atoms with E-state index in [2.05, 4.69) is 6.92 Å². The average molecular weight is 455 g/mol. The first kappa shape index (κ1) is 24.9. The second-order valence-electron chi connectivity index (χ2n) is 12.3. The molecule has 2 unspecified atom stereocenters. The topological polar surface area (TPSA) is 0 Å². The van der Waals surface area contributed by atoms with Crippen molar-refractivity contribution in [2.24, 2.45) is 41.4 Å². The van der Waals surface area contributed by atoms with Gasteiger partial charge in [-0.25, -0.2) is 13.2 Å². The zero-order valence-electron chi connectivity index (χ0n) is 20.6. The Morgan fingerprint density at radius 1 is 0.500 bits per heavy atom. The molecule has 0 amide bonds. The minimum absolute atomic E-state index is 0.0702. The average Bonchev–Trinajstić information content (AvgIpc) is 2.83.